The van der Waals surface area contributed by atoms with Crippen LogP contribution in [0.25, 0.3) is 16.5 Å². The molecule has 0 aliphatic rings. The van der Waals surface area contributed by atoms with Crippen LogP contribution >= 0.6 is 0 Å². The predicted molar refractivity (Wildman–Crippen MR) is 59.4 cm³/mol. The Kier molecular flexibility index (Phi) is 2.58. The first-order chi connectivity index (χ1) is 7.77. The average molecular weight is 215 g/mol. The van der Waals surface area contributed by atoms with Crippen molar-refractivity contribution in [2.45, 2.75) is 0 Å². The first-order valence-corrected chi connectivity index (χ1v) is 4.68. The lowest BCUT2D eigenvalue weighted by molar-refractivity contribution is -0.133. The van der Waals surface area contributed by atoms with Crippen LogP contribution in [0.4, 0.5) is 0 Å². The molecule has 0 bridgehead atoms. The number of H-pyrrole nitrogens is 1. The molecule has 0 amide bonds. The molecule has 0 aliphatic heterocycles. The van der Waals surface area contributed by atoms with E-state index < -0.39 is 5.97 Å². The summed E-state index contributed by atoms with van der Waals surface area (Å²) in [6.45, 7) is 0. The molecule has 0 radical (unpaired) electrons. The molecule has 0 unspecified atom stereocenters. The Morgan fingerprint density at radius 1 is 1.38 bits per heavy atom. The smallest absolute Gasteiger partial charge is 0.349 e. The van der Waals surface area contributed by atoms with Gasteiger partial charge in [0.05, 0.1) is 7.11 Å². The molecule has 2 rings (SSSR count). The highest BCUT2D eigenvalue weighted by atomic mass is 16.5. The summed E-state index contributed by atoms with van der Waals surface area (Å²) in [6.07, 6.45) is 1.60. The summed E-state index contributed by atoms with van der Waals surface area (Å²) in [7, 11) is 1.23. The van der Waals surface area contributed by atoms with Crippen molar-refractivity contribution in [2.24, 2.45) is 0 Å². The maximum Gasteiger partial charge on any atom is 0.349 e. The summed E-state index contributed by atoms with van der Waals surface area (Å²) in [6, 6.07) is 7.38. The van der Waals surface area contributed by atoms with Crippen LogP contribution in [0.5, 0.6) is 0 Å². The minimum absolute atomic E-state index is 0.0973. The van der Waals surface area contributed by atoms with Crippen LogP contribution < -0.4 is 0 Å². The number of aromatic amines is 1. The molecular weight excluding hydrogens is 206 g/mol. The van der Waals surface area contributed by atoms with Crippen LogP contribution in [-0.4, -0.2) is 24.0 Å². The third-order valence-electron chi connectivity index (χ3n) is 2.35. The van der Waals surface area contributed by atoms with Crippen molar-refractivity contribution in [3.8, 4) is 0 Å². The quantitative estimate of drug-likeness (QED) is 0.469. The maximum absolute atomic E-state index is 11.3. The molecule has 0 fully saturated rings. The van der Waals surface area contributed by atoms with Crippen molar-refractivity contribution in [2.75, 3.05) is 7.11 Å². The SMILES string of the molecule is COC(=O)C(=C=O)c1c[nH]c2ccccc12. The fourth-order valence-electron chi connectivity index (χ4n) is 1.59. The topological polar surface area (TPSA) is 59.2 Å². The number of nitrogens with one attached hydrogen (secondary N) is 1. The van der Waals surface area contributed by atoms with Gasteiger partial charge in [-0.3, -0.25) is 0 Å². The second-order valence-electron chi connectivity index (χ2n) is 3.22. The molecule has 0 saturated carbocycles. The van der Waals surface area contributed by atoms with Gasteiger partial charge in [0.2, 0.25) is 0 Å². The number of benzene rings is 1. The van der Waals surface area contributed by atoms with Gasteiger partial charge in [0.15, 0.2) is 5.57 Å². The molecule has 0 saturated heterocycles. The normalized spacial score (nSPS) is 9.81. The Morgan fingerprint density at radius 2 is 2.12 bits per heavy atom. The number of rotatable bonds is 2. The first kappa shape index (κ1) is 10.2. The van der Waals surface area contributed by atoms with Gasteiger partial charge in [-0.25, -0.2) is 9.59 Å². The third-order valence-corrected chi connectivity index (χ3v) is 2.35. The molecule has 1 heterocycles. The molecule has 2 aromatic rings. The number of carbonyl (C=O) groups is 1. The molecule has 0 aliphatic carbocycles. The largest absolute Gasteiger partial charge is 0.465 e. The second kappa shape index (κ2) is 4.04. The van der Waals surface area contributed by atoms with Crippen LogP contribution in [0.15, 0.2) is 30.5 Å². The van der Waals surface area contributed by atoms with E-state index in [4.69, 9.17) is 0 Å². The number of ether oxygens (including phenoxy) is 1. The monoisotopic (exact) mass is 215 g/mol. The Morgan fingerprint density at radius 3 is 2.81 bits per heavy atom. The molecule has 4 nitrogen and oxygen atoms in total. The average Bonchev–Trinajstić information content (AvgIpc) is 2.74. The van der Waals surface area contributed by atoms with E-state index in [9.17, 15) is 9.59 Å². The van der Waals surface area contributed by atoms with E-state index in [-0.39, 0.29) is 5.57 Å². The van der Waals surface area contributed by atoms with Gasteiger partial charge in [-0.2, -0.15) is 0 Å². The summed E-state index contributed by atoms with van der Waals surface area (Å²) in [5.41, 5.74) is 1.27. The summed E-state index contributed by atoms with van der Waals surface area (Å²) in [4.78, 5) is 25.1. The third kappa shape index (κ3) is 1.51. The van der Waals surface area contributed by atoms with E-state index in [0.29, 0.717) is 5.56 Å². The van der Waals surface area contributed by atoms with E-state index in [0.717, 1.165) is 10.9 Å². The number of carbonyl (C=O) groups excluding carboxylic acids is 2. The summed E-state index contributed by atoms with van der Waals surface area (Å²) >= 11 is 0. The van der Waals surface area contributed by atoms with Gasteiger partial charge in [-0.05, 0) is 6.07 Å². The van der Waals surface area contributed by atoms with Crippen molar-refractivity contribution in [3.63, 3.8) is 0 Å². The first-order valence-electron chi connectivity index (χ1n) is 4.68. The molecular formula is C12H9NO3. The second-order valence-corrected chi connectivity index (χ2v) is 3.22. The number of aromatic nitrogens is 1. The Bertz CT molecular complexity index is 591. The van der Waals surface area contributed by atoms with E-state index >= 15 is 0 Å². The van der Waals surface area contributed by atoms with Gasteiger partial charge >= 0.3 is 5.97 Å². The zero-order valence-electron chi connectivity index (χ0n) is 8.61. The fourth-order valence-corrected chi connectivity index (χ4v) is 1.59. The molecule has 1 aromatic carbocycles. The Hall–Kier alpha value is -2.32. The van der Waals surface area contributed by atoms with Crippen LogP contribution in [0.3, 0.4) is 0 Å². The minimum Gasteiger partial charge on any atom is -0.465 e. The zero-order valence-corrected chi connectivity index (χ0v) is 8.61. The lowest BCUT2D eigenvalue weighted by atomic mass is 10.1. The van der Waals surface area contributed by atoms with Crippen molar-refractivity contribution in [3.05, 3.63) is 36.0 Å². The predicted octanol–water partition coefficient (Wildman–Crippen LogP) is 1.56. The fraction of sp³-hybridized carbons (Fsp3) is 0.0833. The van der Waals surface area contributed by atoms with Gasteiger partial charge in [0, 0.05) is 22.7 Å². The molecule has 16 heavy (non-hydrogen) atoms. The standard InChI is InChI=1S/C12H9NO3/c1-16-12(15)10(7-14)9-6-13-11-5-3-2-4-8(9)11/h2-6,13H,1H3. The number of hydrogen-bond acceptors (Lipinski definition) is 3. The van der Waals surface area contributed by atoms with Crippen LogP contribution in [0, 0.1) is 0 Å². The van der Waals surface area contributed by atoms with Gasteiger partial charge in [-0.15, -0.1) is 0 Å². The van der Waals surface area contributed by atoms with E-state index in [1.54, 1.807) is 12.1 Å². The highest BCUT2D eigenvalue weighted by Gasteiger charge is 2.17. The molecule has 0 spiro atoms. The van der Waals surface area contributed by atoms with Crippen molar-refractivity contribution in [1.29, 1.82) is 0 Å². The van der Waals surface area contributed by atoms with Gasteiger partial charge in [0.25, 0.3) is 0 Å². The number of methoxy groups -OCH3 is 1. The van der Waals surface area contributed by atoms with Crippen LogP contribution in [-0.2, 0) is 14.3 Å². The Balaban J connectivity index is 2.63. The number of esters is 1. The molecule has 1 N–H and O–H groups in total. The van der Waals surface area contributed by atoms with Gasteiger partial charge < -0.3 is 9.72 Å². The minimum atomic E-state index is -0.681. The van der Waals surface area contributed by atoms with E-state index in [1.165, 1.54) is 7.11 Å². The Labute approximate surface area is 91.5 Å². The molecule has 1 aromatic heterocycles. The lowest BCUT2D eigenvalue weighted by Crippen LogP contribution is -2.03. The summed E-state index contributed by atoms with van der Waals surface area (Å²) in [5, 5.41) is 0.797. The molecule has 80 valence electrons. The van der Waals surface area contributed by atoms with E-state index in [2.05, 4.69) is 9.72 Å². The van der Waals surface area contributed by atoms with Crippen molar-refractivity contribution < 1.29 is 14.3 Å². The highest BCUT2D eigenvalue weighted by Crippen LogP contribution is 2.23. The van der Waals surface area contributed by atoms with Crippen molar-refractivity contribution >= 4 is 28.4 Å². The van der Waals surface area contributed by atoms with Gasteiger partial charge in [-0.1, -0.05) is 18.2 Å². The molecule has 0 atom stereocenters. The molecule has 4 heteroatoms. The number of fused-ring (bicyclic) bond motifs is 1. The van der Waals surface area contributed by atoms with Crippen LogP contribution in [0.1, 0.15) is 5.56 Å². The van der Waals surface area contributed by atoms with Crippen LogP contribution in [0.2, 0.25) is 0 Å². The lowest BCUT2D eigenvalue weighted by Gasteiger charge is -1.99. The summed E-state index contributed by atoms with van der Waals surface area (Å²) in [5.74, 6) is 0.939. The highest BCUT2D eigenvalue weighted by molar-refractivity contribution is 6.27. The number of hydrogen-bond donors (Lipinski definition) is 1. The summed E-state index contributed by atoms with van der Waals surface area (Å²) < 4.78 is 4.52. The van der Waals surface area contributed by atoms with E-state index in [1.807, 2.05) is 24.3 Å². The number of para-hydroxylation sites is 1. The van der Waals surface area contributed by atoms with Gasteiger partial charge in [0.1, 0.15) is 5.94 Å². The maximum atomic E-state index is 11.3. The van der Waals surface area contributed by atoms with Crippen molar-refractivity contribution in [1.82, 2.24) is 4.98 Å². The zero-order chi connectivity index (χ0) is 11.5.